The Bertz CT molecular complexity index is 3480. The number of benzene rings is 10. The minimum absolute atomic E-state index is 1.12. The molecule has 12 rings (SSSR count). The molecule has 0 atom stereocenters. The van der Waals surface area contributed by atoms with E-state index in [0.717, 1.165) is 11.4 Å². The van der Waals surface area contributed by atoms with Crippen molar-refractivity contribution in [3.8, 4) is 33.6 Å². The third kappa shape index (κ3) is 5.85. The zero-order valence-electron chi connectivity index (χ0n) is 34.6. The number of fused-ring (bicyclic) bond motifs is 6. The van der Waals surface area contributed by atoms with Crippen LogP contribution in [0.25, 0.3) is 77.2 Å². The van der Waals surface area contributed by atoms with Crippen LogP contribution in [0.2, 0.25) is 0 Å². The lowest BCUT2D eigenvalue weighted by molar-refractivity contribution is 1.13. The van der Waals surface area contributed by atoms with Gasteiger partial charge >= 0.3 is 0 Å². The first kappa shape index (κ1) is 36.8. The normalized spacial score (nSPS) is 11.8. The number of para-hydroxylation sites is 3. The highest BCUT2D eigenvalue weighted by atomic mass is 28.3. The molecule has 10 aromatic carbocycles. The van der Waals surface area contributed by atoms with Crippen LogP contribution in [0.5, 0.6) is 0 Å². The Kier molecular flexibility index (Phi) is 8.87. The summed E-state index contributed by atoms with van der Waals surface area (Å²) in [6.45, 7) is 0. The van der Waals surface area contributed by atoms with E-state index >= 15 is 0 Å². The lowest BCUT2D eigenvalue weighted by Gasteiger charge is -2.34. The molecule has 0 N–H and O–H groups in total. The predicted octanol–water partition coefficient (Wildman–Crippen LogP) is 12.6. The van der Waals surface area contributed by atoms with Crippen molar-refractivity contribution in [2.24, 2.45) is 0 Å². The summed E-state index contributed by atoms with van der Waals surface area (Å²) in [5.74, 6) is 0. The second kappa shape index (κ2) is 15.2. The largest absolute Gasteiger partial charge is 0.307 e. The minimum Gasteiger partial charge on any atom is -0.307 e. The number of hydrogen-bond acceptors (Lipinski definition) is 0. The van der Waals surface area contributed by atoms with Crippen molar-refractivity contribution in [1.29, 1.82) is 0 Å². The second-order valence-electron chi connectivity index (χ2n) is 16.4. The Morgan fingerprint density at radius 3 is 1.37 bits per heavy atom. The van der Waals surface area contributed by atoms with Gasteiger partial charge < -0.3 is 9.13 Å². The topological polar surface area (TPSA) is 9.86 Å². The Labute approximate surface area is 368 Å². The van der Waals surface area contributed by atoms with Gasteiger partial charge in [0, 0.05) is 32.8 Å². The molecular formula is C60H42N2Si. The molecule has 0 spiro atoms. The number of aromatic nitrogens is 2. The van der Waals surface area contributed by atoms with Crippen LogP contribution in [-0.4, -0.2) is 17.2 Å². The summed E-state index contributed by atoms with van der Waals surface area (Å²) in [5, 5.41) is 10.4. The van der Waals surface area contributed by atoms with E-state index in [1.807, 2.05) is 0 Å². The smallest absolute Gasteiger partial charge is 0.179 e. The highest BCUT2D eigenvalue weighted by Gasteiger charge is 2.41. The van der Waals surface area contributed by atoms with Gasteiger partial charge in [-0.15, -0.1) is 0 Å². The molecule has 0 fully saturated rings. The van der Waals surface area contributed by atoms with E-state index < -0.39 is 8.07 Å². The SMILES string of the molecule is c1ccc(-c2ccc(-n3c4c(-c5ccccc5)cccc4c4cccc(-n5c6ccccc6c6cc([Si](c7ccccc7)(c7ccccc7)c7ccccc7)ccc65)c43)cc2)cc1. The zero-order valence-corrected chi connectivity index (χ0v) is 35.6. The van der Waals surface area contributed by atoms with Gasteiger partial charge in [0.25, 0.3) is 0 Å². The first-order valence-corrected chi connectivity index (χ1v) is 23.8. The molecule has 0 bridgehead atoms. The summed E-state index contributed by atoms with van der Waals surface area (Å²) in [6, 6.07) is 94.2. The van der Waals surface area contributed by atoms with E-state index in [4.69, 9.17) is 0 Å². The van der Waals surface area contributed by atoms with Crippen LogP contribution in [0.4, 0.5) is 0 Å². The lowest BCUT2D eigenvalue weighted by Crippen LogP contribution is -2.74. The number of hydrogen-bond donors (Lipinski definition) is 0. The van der Waals surface area contributed by atoms with Gasteiger partial charge in [0.1, 0.15) is 0 Å². The van der Waals surface area contributed by atoms with Gasteiger partial charge in [-0.25, -0.2) is 0 Å². The summed E-state index contributed by atoms with van der Waals surface area (Å²) in [7, 11) is -2.77. The van der Waals surface area contributed by atoms with Crippen molar-refractivity contribution >= 4 is 72.4 Å². The molecule has 63 heavy (non-hydrogen) atoms. The molecule has 296 valence electrons. The standard InChI is InChI=1S/C60H42N2Si/c1-6-20-43(21-7-1)44-36-38-46(39-37-44)61-59-51(45-22-8-2-9-23-45)31-18-32-53(59)54-33-19-35-58(60(54)61)62-56-34-17-16-30-52(56)55-42-50(40-41-57(55)62)63(47-24-10-3-11-25-47,48-26-12-4-13-27-48)49-28-14-5-15-29-49/h1-42H. The van der Waals surface area contributed by atoms with E-state index in [1.165, 1.54) is 86.6 Å². The molecule has 2 nitrogen and oxygen atoms in total. The Hall–Kier alpha value is -7.98. The maximum Gasteiger partial charge on any atom is 0.179 e. The van der Waals surface area contributed by atoms with Gasteiger partial charge in [0.2, 0.25) is 0 Å². The number of nitrogens with zero attached hydrogens (tertiary/aromatic N) is 2. The van der Waals surface area contributed by atoms with Crippen molar-refractivity contribution in [3.63, 3.8) is 0 Å². The molecule has 0 saturated heterocycles. The Morgan fingerprint density at radius 1 is 0.270 bits per heavy atom. The highest BCUT2D eigenvalue weighted by molar-refractivity contribution is 7.20. The molecule has 3 heteroatoms. The lowest BCUT2D eigenvalue weighted by atomic mass is 10.0. The van der Waals surface area contributed by atoms with Gasteiger partial charge in [-0.1, -0.05) is 224 Å². The summed E-state index contributed by atoms with van der Waals surface area (Å²) in [5.41, 5.74) is 11.8. The minimum atomic E-state index is -2.77. The first-order chi connectivity index (χ1) is 31.3. The van der Waals surface area contributed by atoms with E-state index in [1.54, 1.807) is 0 Å². The van der Waals surface area contributed by atoms with Gasteiger partial charge in [0.05, 0.1) is 27.8 Å². The van der Waals surface area contributed by atoms with Gasteiger partial charge in [-0.05, 0) is 67.8 Å². The molecule has 0 amide bonds. The molecule has 0 aliphatic carbocycles. The van der Waals surface area contributed by atoms with Crippen LogP contribution in [-0.2, 0) is 0 Å². The zero-order chi connectivity index (χ0) is 41.7. The summed E-state index contributed by atoms with van der Waals surface area (Å²) in [6.07, 6.45) is 0. The second-order valence-corrected chi connectivity index (χ2v) is 20.2. The molecule has 0 saturated carbocycles. The van der Waals surface area contributed by atoms with Crippen LogP contribution in [0.3, 0.4) is 0 Å². The Morgan fingerprint density at radius 2 is 0.746 bits per heavy atom. The molecule has 0 aliphatic heterocycles. The van der Waals surface area contributed by atoms with Crippen LogP contribution in [0.1, 0.15) is 0 Å². The first-order valence-electron chi connectivity index (χ1n) is 21.8. The predicted molar refractivity (Wildman–Crippen MR) is 270 cm³/mol. The maximum absolute atomic E-state index is 2.77. The molecular weight excluding hydrogens is 777 g/mol. The van der Waals surface area contributed by atoms with Crippen molar-refractivity contribution in [2.45, 2.75) is 0 Å². The van der Waals surface area contributed by atoms with E-state index in [9.17, 15) is 0 Å². The molecule has 0 aliphatic rings. The van der Waals surface area contributed by atoms with Crippen LogP contribution < -0.4 is 20.7 Å². The van der Waals surface area contributed by atoms with Crippen molar-refractivity contribution in [2.75, 3.05) is 0 Å². The third-order valence-electron chi connectivity index (χ3n) is 13.1. The van der Waals surface area contributed by atoms with E-state index in [-0.39, 0.29) is 0 Å². The highest BCUT2D eigenvalue weighted by Crippen LogP contribution is 2.42. The summed E-state index contributed by atoms with van der Waals surface area (Å²) in [4.78, 5) is 0. The van der Waals surface area contributed by atoms with Crippen LogP contribution in [0.15, 0.2) is 255 Å². The van der Waals surface area contributed by atoms with Gasteiger partial charge in [0.15, 0.2) is 8.07 Å². The van der Waals surface area contributed by atoms with Crippen LogP contribution in [0, 0.1) is 0 Å². The fraction of sp³-hybridized carbons (Fsp3) is 0. The Balaban J connectivity index is 1.16. The molecule has 0 unspecified atom stereocenters. The summed E-state index contributed by atoms with van der Waals surface area (Å²) < 4.78 is 5.04. The molecule has 12 aromatic rings. The van der Waals surface area contributed by atoms with Gasteiger partial charge in [-0.3, -0.25) is 0 Å². The summed E-state index contributed by atoms with van der Waals surface area (Å²) >= 11 is 0. The van der Waals surface area contributed by atoms with E-state index in [0.29, 0.717) is 0 Å². The van der Waals surface area contributed by atoms with Gasteiger partial charge in [-0.2, -0.15) is 0 Å². The monoisotopic (exact) mass is 818 g/mol. The fourth-order valence-electron chi connectivity index (χ4n) is 10.4. The average molecular weight is 819 g/mol. The van der Waals surface area contributed by atoms with Crippen molar-refractivity contribution in [3.05, 3.63) is 255 Å². The van der Waals surface area contributed by atoms with Crippen molar-refractivity contribution < 1.29 is 0 Å². The maximum atomic E-state index is 2.53. The molecule has 0 radical (unpaired) electrons. The fourth-order valence-corrected chi connectivity index (χ4v) is 15.1. The van der Waals surface area contributed by atoms with E-state index in [2.05, 4.69) is 264 Å². The quantitative estimate of drug-likeness (QED) is 0.107. The average Bonchev–Trinajstić information content (AvgIpc) is 3.89. The molecule has 2 aromatic heterocycles. The third-order valence-corrected chi connectivity index (χ3v) is 17.8. The number of rotatable bonds is 8. The van der Waals surface area contributed by atoms with Crippen LogP contribution >= 0.6 is 0 Å². The van der Waals surface area contributed by atoms with Crippen molar-refractivity contribution in [1.82, 2.24) is 9.13 Å². The molecule has 2 heterocycles.